The highest BCUT2D eigenvalue weighted by Gasteiger charge is 2.28. The zero-order valence-corrected chi connectivity index (χ0v) is 12.3. The molecule has 1 aliphatic carbocycles. The van der Waals surface area contributed by atoms with E-state index in [1.54, 1.807) is 20.3 Å². The Morgan fingerprint density at radius 3 is 2.79 bits per heavy atom. The lowest BCUT2D eigenvalue weighted by atomic mass is 10.1. The molecule has 0 amide bonds. The van der Waals surface area contributed by atoms with Crippen molar-refractivity contribution in [3.8, 4) is 0 Å². The van der Waals surface area contributed by atoms with Gasteiger partial charge in [0.15, 0.2) is 5.03 Å². The summed E-state index contributed by atoms with van der Waals surface area (Å²) < 4.78 is 26.5. The molecule has 0 aromatic carbocycles. The summed E-state index contributed by atoms with van der Waals surface area (Å²) in [5, 5.41) is 9.63. The van der Waals surface area contributed by atoms with Crippen LogP contribution < -0.4 is 5.32 Å². The van der Waals surface area contributed by atoms with Crippen molar-refractivity contribution in [2.45, 2.75) is 37.3 Å². The number of sulfonamides is 1. The highest BCUT2D eigenvalue weighted by Crippen LogP contribution is 2.27. The van der Waals surface area contributed by atoms with Crippen LogP contribution in [0.25, 0.3) is 0 Å². The van der Waals surface area contributed by atoms with Gasteiger partial charge in [0.05, 0.1) is 6.20 Å². The van der Waals surface area contributed by atoms with Crippen LogP contribution in [0, 0.1) is 5.92 Å². The second-order valence-corrected chi connectivity index (χ2v) is 7.17. The van der Waals surface area contributed by atoms with Crippen molar-refractivity contribution < 1.29 is 8.42 Å². The molecule has 6 nitrogen and oxygen atoms in total. The first-order chi connectivity index (χ1) is 9.05. The Bertz CT molecular complexity index is 506. The summed E-state index contributed by atoms with van der Waals surface area (Å²) in [5.74, 6) is 0.496. The molecule has 0 aliphatic heterocycles. The maximum Gasteiger partial charge on any atom is 0.260 e. The summed E-state index contributed by atoms with van der Waals surface area (Å²) in [7, 11) is -0.0269. The van der Waals surface area contributed by atoms with E-state index >= 15 is 0 Å². The van der Waals surface area contributed by atoms with E-state index in [1.165, 1.54) is 17.1 Å². The first-order valence-electron chi connectivity index (χ1n) is 6.69. The van der Waals surface area contributed by atoms with Crippen LogP contribution in [0.5, 0.6) is 0 Å². The van der Waals surface area contributed by atoms with Gasteiger partial charge in [-0.05, 0) is 25.8 Å². The summed E-state index contributed by atoms with van der Waals surface area (Å²) in [6.07, 6.45) is 6.26. The summed E-state index contributed by atoms with van der Waals surface area (Å²) in [6, 6.07) is 0. The highest BCUT2D eigenvalue weighted by atomic mass is 32.2. The van der Waals surface area contributed by atoms with Gasteiger partial charge in [-0.25, -0.2) is 8.42 Å². The first kappa shape index (κ1) is 14.5. The second-order valence-electron chi connectivity index (χ2n) is 5.19. The van der Waals surface area contributed by atoms with Gasteiger partial charge < -0.3 is 5.32 Å². The van der Waals surface area contributed by atoms with Gasteiger partial charge in [-0.15, -0.1) is 0 Å². The third kappa shape index (κ3) is 3.16. The number of aromatic nitrogens is 2. The molecular weight excluding hydrogens is 264 g/mol. The highest BCUT2D eigenvalue weighted by molar-refractivity contribution is 7.89. The van der Waals surface area contributed by atoms with E-state index in [0.29, 0.717) is 24.6 Å². The monoisotopic (exact) mass is 286 g/mol. The normalized spacial score (nSPS) is 17.4. The van der Waals surface area contributed by atoms with Crippen LogP contribution in [0.4, 0.5) is 0 Å². The van der Waals surface area contributed by atoms with Crippen molar-refractivity contribution in [2.24, 2.45) is 5.92 Å². The number of H-pyrrole nitrogens is 1. The molecule has 7 heteroatoms. The van der Waals surface area contributed by atoms with Gasteiger partial charge in [-0.3, -0.25) is 5.10 Å². The topological polar surface area (TPSA) is 78.1 Å². The zero-order chi connectivity index (χ0) is 13.9. The quantitative estimate of drug-likeness (QED) is 0.816. The summed E-state index contributed by atoms with van der Waals surface area (Å²) in [6.45, 7) is 1.09. The predicted molar refractivity (Wildman–Crippen MR) is 73.1 cm³/mol. The van der Waals surface area contributed by atoms with Crippen molar-refractivity contribution in [2.75, 3.05) is 20.6 Å². The lowest BCUT2D eigenvalue weighted by Gasteiger charge is -2.20. The van der Waals surface area contributed by atoms with Crippen molar-refractivity contribution in [3.63, 3.8) is 0 Å². The Morgan fingerprint density at radius 1 is 1.47 bits per heavy atom. The minimum Gasteiger partial charge on any atom is -0.316 e. The van der Waals surface area contributed by atoms with Crippen LogP contribution in [0.1, 0.15) is 31.2 Å². The Balaban J connectivity index is 2.13. The molecule has 108 valence electrons. The largest absolute Gasteiger partial charge is 0.316 e. The molecule has 2 N–H and O–H groups in total. The van der Waals surface area contributed by atoms with Crippen molar-refractivity contribution >= 4 is 10.0 Å². The minimum atomic E-state index is -3.46. The molecule has 1 fully saturated rings. The molecule has 1 aliphatic rings. The molecule has 1 aromatic heterocycles. The number of hydrogen-bond donors (Lipinski definition) is 2. The number of nitrogens with zero attached hydrogens (tertiary/aromatic N) is 2. The molecule has 0 radical (unpaired) electrons. The van der Waals surface area contributed by atoms with Gasteiger partial charge in [0.25, 0.3) is 10.0 Å². The Morgan fingerprint density at radius 2 is 2.16 bits per heavy atom. The van der Waals surface area contributed by atoms with Crippen LogP contribution in [-0.2, 0) is 16.6 Å². The maximum atomic E-state index is 12.5. The lowest BCUT2D eigenvalue weighted by Crippen LogP contribution is -2.32. The minimum absolute atomic E-state index is 0.211. The van der Waals surface area contributed by atoms with Gasteiger partial charge in [0, 0.05) is 25.7 Å². The van der Waals surface area contributed by atoms with Gasteiger partial charge in [0.1, 0.15) is 0 Å². The molecule has 1 heterocycles. The van der Waals surface area contributed by atoms with E-state index in [4.69, 9.17) is 0 Å². The van der Waals surface area contributed by atoms with Crippen LogP contribution in [-0.4, -0.2) is 43.6 Å². The molecule has 0 spiro atoms. The van der Waals surface area contributed by atoms with Gasteiger partial charge in [-0.2, -0.15) is 9.40 Å². The van der Waals surface area contributed by atoms with E-state index in [9.17, 15) is 8.42 Å². The Kier molecular flexibility index (Phi) is 4.59. The average Bonchev–Trinajstić information content (AvgIpc) is 3.00. The zero-order valence-electron chi connectivity index (χ0n) is 11.5. The summed E-state index contributed by atoms with van der Waals surface area (Å²) >= 11 is 0. The van der Waals surface area contributed by atoms with Gasteiger partial charge in [0.2, 0.25) is 0 Å². The number of rotatable bonds is 6. The van der Waals surface area contributed by atoms with E-state index in [-0.39, 0.29) is 5.03 Å². The fraction of sp³-hybridized carbons (Fsp3) is 0.750. The van der Waals surface area contributed by atoms with Crippen LogP contribution >= 0.6 is 0 Å². The number of nitrogens with one attached hydrogen (secondary N) is 2. The Hall–Kier alpha value is -0.920. The van der Waals surface area contributed by atoms with Crippen LogP contribution in [0.2, 0.25) is 0 Å². The summed E-state index contributed by atoms with van der Waals surface area (Å²) in [5.41, 5.74) is 0.681. The molecule has 2 rings (SSSR count). The van der Waals surface area contributed by atoms with Crippen LogP contribution in [0.15, 0.2) is 11.2 Å². The lowest BCUT2D eigenvalue weighted by molar-refractivity contribution is 0.385. The third-order valence-corrected chi connectivity index (χ3v) is 5.54. The van der Waals surface area contributed by atoms with Crippen molar-refractivity contribution in [1.82, 2.24) is 19.8 Å². The van der Waals surface area contributed by atoms with Crippen molar-refractivity contribution in [3.05, 3.63) is 11.8 Å². The standard InChI is InChI=1S/C12H22N4O2S/c1-13-7-11-8-14-15-12(11)19(17,18)16(2)9-10-5-3-4-6-10/h8,10,13H,3-7,9H2,1-2H3,(H,14,15). The number of hydrogen-bond acceptors (Lipinski definition) is 4. The van der Waals surface area contributed by atoms with E-state index in [0.717, 1.165) is 12.8 Å². The predicted octanol–water partition coefficient (Wildman–Crippen LogP) is 0.940. The van der Waals surface area contributed by atoms with E-state index in [2.05, 4.69) is 15.5 Å². The molecule has 1 saturated carbocycles. The van der Waals surface area contributed by atoms with Crippen LogP contribution in [0.3, 0.4) is 0 Å². The second kappa shape index (κ2) is 6.02. The SMILES string of the molecule is CNCc1cn[nH]c1S(=O)(=O)N(C)CC1CCCC1. The molecule has 1 aromatic rings. The fourth-order valence-corrected chi connectivity index (χ4v) is 3.99. The molecule has 0 bridgehead atoms. The fourth-order valence-electron chi connectivity index (χ4n) is 2.65. The maximum absolute atomic E-state index is 12.5. The van der Waals surface area contributed by atoms with E-state index in [1.807, 2.05) is 0 Å². The van der Waals surface area contributed by atoms with Crippen molar-refractivity contribution in [1.29, 1.82) is 0 Å². The molecule has 19 heavy (non-hydrogen) atoms. The average molecular weight is 286 g/mol. The number of aromatic amines is 1. The molecular formula is C12H22N4O2S. The van der Waals surface area contributed by atoms with E-state index < -0.39 is 10.0 Å². The Labute approximate surface area is 114 Å². The summed E-state index contributed by atoms with van der Waals surface area (Å²) in [4.78, 5) is 0. The molecule has 0 saturated heterocycles. The smallest absolute Gasteiger partial charge is 0.260 e. The first-order valence-corrected chi connectivity index (χ1v) is 8.13. The van der Waals surface area contributed by atoms with Gasteiger partial charge >= 0.3 is 0 Å². The van der Waals surface area contributed by atoms with Gasteiger partial charge in [-0.1, -0.05) is 12.8 Å². The molecule has 0 atom stereocenters. The molecule has 0 unspecified atom stereocenters. The third-order valence-electron chi connectivity index (χ3n) is 3.70.